The highest BCUT2D eigenvalue weighted by Gasteiger charge is 2.52. The molecule has 6 unspecified atom stereocenters. The molecule has 1 amide bonds. The van der Waals surface area contributed by atoms with E-state index in [1.807, 2.05) is 12.1 Å². The number of aliphatic hydroxyl groups is 2. The number of aromatic amines is 3. The Balaban J connectivity index is 0.647. The van der Waals surface area contributed by atoms with Crippen LogP contribution in [0.25, 0.3) is 33.5 Å². The van der Waals surface area contributed by atoms with Crippen LogP contribution in [-0.4, -0.2) is 242 Å². The topological polar surface area (TPSA) is 809 Å². The van der Waals surface area contributed by atoms with Crippen molar-refractivity contribution in [1.29, 1.82) is 0 Å². The number of nitrogens with two attached hydrogens (primary N) is 5. The molecule has 0 spiro atoms. The Labute approximate surface area is 750 Å². The van der Waals surface area contributed by atoms with Gasteiger partial charge in [0.05, 0.1) is 77.0 Å². The first-order valence-corrected chi connectivity index (χ1v) is 49.0. The minimum atomic E-state index is -5.61. The molecule has 23 atom stereocenters. The van der Waals surface area contributed by atoms with Crippen LogP contribution in [0.5, 0.6) is 0 Å². The van der Waals surface area contributed by atoms with E-state index in [1.165, 1.54) is 63.1 Å². The number of anilines is 6. The molecule has 724 valence electrons. The second-order valence-electron chi connectivity index (χ2n) is 31.8. The molecule has 6 fully saturated rings. The summed E-state index contributed by atoms with van der Waals surface area (Å²) in [6.45, 7) is -2.45. The molecular formula is C71H91N24O34P5. The summed E-state index contributed by atoms with van der Waals surface area (Å²) in [4.78, 5) is 181. The first-order chi connectivity index (χ1) is 63.7. The Hall–Kier alpha value is -10.3. The van der Waals surface area contributed by atoms with Crippen LogP contribution < -0.4 is 67.7 Å². The Morgan fingerprint density at radius 3 is 1.18 bits per heavy atom. The van der Waals surface area contributed by atoms with Gasteiger partial charge in [-0.1, -0.05) is 44.2 Å². The van der Waals surface area contributed by atoms with Gasteiger partial charge in [-0.15, -0.1) is 0 Å². The number of phosphoric acid groups is 4. The van der Waals surface area contributed by atoms with Gasteiger partial charge in [-0.3, -0.25) is 102 Å². The minimum Gasteiger partial charge on any atom is -0.394 e. The molecule has 20 N–H and O–H groups in total. The van der Waals surface area contributed by atoms with Crippen LogP contribution in [0.3, 0.4) is 0 Å². The summed E-state index contributed by atoms with van der Waals surface area (Å²) in [7, 11) is -26.8. The monoisotopic (exact) mass is 1980 g/mol. The Bertz CT molecular complexity index is 6640. The summed E-state index contributed by atoms with van der Waals surface area (Å²) in [6.07, 6.45) is -21.9. The molecule has 63 heteroatoms. The number of fused-ring (bicyclic) bond motifs is 3. The maximum atomic E-state index is 16.2. The van der Waals surface area contributed by atoms with Crippen LogP contribution in [0.4, 0.5) is 35.3 Å². The van der Waals surface area contributed by atoms with E-state index >= 15 is 4.57 Å². The number of nitrogens with zero attached hydrogens (tertiary/aromatic N) is 15. The van der Waals surface area contributed by atoms with Gasteiger partial charge in [0.1, 0.15) is 116 Å². The quantitative estimate of drug-likeness (QED) is 0.0183. The van der Waals surface area contributed by atoms with Gasteiger partial charge in [0, 0.05) is 63.0 Å². The first kappa shape index (κ1) is 96.8. The Kier molecular flexibility index (Phi) is 28.7. The average molecular weight is 1980 g/mol. The van der Waals surface area contributed by atoms with Gasteiger partial charge < -0.3 is 101 Å². The highest BCUT2D eigenvalue weighted by Crippen LogP contribution is 2.58. The van der Waals surface area contributed by atoms with Crippen LogP contribution in [0, 0.1) is 5.92 Å². The molecule has 15 heterocycles. The van der Waals surface area contributed by atoms with Crippen LogP contribution in [0.2, 0.25) is 0 Å². The average Bonchev–Trinajstić information content (AvgIpc) is 1.63. The van der Waals surface area contributed by atoms with Crippen molar-refractivity contribution in [3.63, 3.8) is 0 Å². The van der Waals surface area contributed by atoms with Crippen LogP contribution in [0.1, 0.15) is 108 Å². The number of aromatic nitrogens is 18. The van der Waals surface area contributed by atoms with Crippen molar-refractivity contribution in [2.45, 2.75) is 182 Å². The predicted molar refractivity (Wildman–Crippen MR) is 455 cm³/mol. The van der Waals surface area contributed by atoms with Crippen LogP contribution in [-0.2, 0) is 108 Å². The fraction of sp³-hybridized carbons (Fsp3) is 0.521. The number of hydrogen-bond donors (Lipinski definition) is 15. The van der Waals surface area contributed by atoms with E-state index in [-0.39, 0.29) is 88.1 Å². The lowest BCUT2D eigenvalue weighted by molar-refractivity contribution is -0.118. The molecule has 16 rings (SSSR count). The number of carbonyl (C=O) groups excluding carboxylic acids is 1. The number of aliphatic hydroxyl groups excluding tert-OH is 2. The highest BCUT2D eigenvalue weighted by molar-refractivity contribution is 7.53. The number of ether oxygens (including phenoxy) is 6. The van der Waals surface area contributed by atoms with Crippen LogP contribution >= 0.6 is 38.9 Å². The second kappa shape index (κ2) is 39.8. The van der Waals surface area contributed by atoms with E-state index in [1.54, 1.807) is 32.0 Å². The minimum absolute atomic E-state index is 0.00339. The van der Waals surface area contributed by atoms with Gasteiger partial charge in [0.25, 0.3) is 16.7 Å². The highest BCUT2D eigenvalue weighted by atomic mass is 31.2. The standard InChI is InChI=1S/C71H91N24O34P5/c1-33(2)62(98)82-49-13-16-92(71(104)83-49)51-20-37(44(121-51)27-116-133(110,111)128-39-22-53(91-15-12-48(73)81-70(91)103)122-45(39)28-117-132(108,109)126-36-19-54(119-41(36)24-96)94-31-78-57-60(94)85-67(75)88-64(57)100)125-130(105,17-7-6-10-34-8-4-3-5-9-34)114-26-43-40(23-55(124-43)95-32-79-58-61(95)86-68(76)89-65(58)101)129-134(112,113)118-29-46-38(21-52(123-46)90-14-11-47(72)80-69(90)102)127-131(106,107)115-25-42-35(97)18-50(120-42)93-30-77-56-59(93)84-66(74)87-63(56)99/h3-5,8-9,11-16,30-33,35-46,50-55,96-97H,6-7,10,17-29H2,1-2H3,(H,106,107)(H,108,109)(H,110,111)(H,112,113)(H2,72,80,102)(H2,73,81,103)(H3,74,84,87,99)(H3,75,85,88,100)(H3,76,86,89,101)(H,82,83,98,104)/t35?,36-,37-,38-,39-,40-,41+,42+,43+,44+,45+,46+,50+,51+,52+,53+,54+,55+,130?/m0/s1. The number of nitrogens with one attached hydrogen (secondary N) is 4. The maximum Gasteiger partial charge on any atom is 0.472 e. The fourth-order valence-corrected chi connectivity index (χ4v) is 21.5. The summed E-state index contributed by atoms with van der Waals surface area (Å²) in [6, 6.07) is 12.8. The van der Waals surface area contributed by atoms with E-state index in [4.69, 9.17) is 102 Å². The summed E-state index contributed by atoms with van der Waals surface area (Å²) in [5.41, 5.74) is 24.2. The summed E-state index contributed by atoms with van der Waals surface area (Å²) in [5.74, 6) is -2.54. The maximum absolute atomic E-state index is 16.2. The van der Waals surface area contributed by atoms with Crippen molar-refractivity contribution >= 4 is 114 Å². The van der Waals surface area contributed by atoms with Gasteiger partial charge in [-0.05, 0) is 43.0 Å². The molecular weight excluding hydrogens is 1890 g/mol. The number of phosphoric ester groups is 4. The number of aryl methyl sites for hydroxylation is 1. The number of hydrogen-bond acceptors (Lipinski definition) is 44. The summed E-state index contributed by atoms with van der Waals surface area (Å²) < 4.78 is 175. The zero-order valence-corrected chi connectivity index (χ0v) is 74.8. The van der Waals surface area contributed by atoms with E-state index < -0.39 is 267 Å². The van der Waals surface area contributed by atoms with Gasteiger partial charge in [-0.2, -0.15) is 29.9 Å². The van der Waals surface area contributed by atoms with Crippen molar-refractivity contribution in [2.24, 2.45) is 5.92 Å². The number of benzene rings is 1. The predicted octanol–water partition coefficient (Wildman–Crippen LogP) is 0.367. The zero-order chi connectivity index (χ0) is 95.2. The molecule has 134 heavy (non-hydrogen) atoms. The van der Waals surface area contributed by atoms with E-state index in [0.29, 0.717) is 12.8 Å². The lowest BCUT2D eigenvalue weighted by atomic mass is 10.1. The van der Waals surface area contributed by atoms with Crippen molar-refractivity contribution in [3.8, 4) is 0 Å². The SMILES string of the molecule is CC(C)C(=O)Nc1ccn([C@H]2C[C@H](OP(=O)(CCCCc3ccccc3)OC[C@H]3O[C@@H](n4cnc5c(=O)[nH]c(N)nc54)C[C@@H]3OP(=O)(O)OC[C@H]3O[C@@H](n4ccc(N)nc4=O)C[C@@H]3OP(=O)(O)OC[C@H]3O[C@@H](n4cnc5c(=O)[nH]c(N)nc54)CC3O)[C@@H](COP(=O)(O)O[C@H]3C[C@H](n4ccc(N)nc4=O)O[C@@H]3COP(=O)(O)O[C@H]3C[C@H](n4cnc5c(=O)[nH]c(N)nc54)O[C@@H]3CO)O2)c(=O)n1. The summed E-state index contributed by atoms with van der Waals surface area (Å²) >= 11 is 0. The van der Waals surface area contributed by atoms with Crippen molar-refractivity contribution in [3.05, 3.63) is 154 Å². The number of rotatable bonds is 39. The molecule has 0 bridgehead atoms. The lowest BCUT2D eigenvalue weighted by Gasteiger charge is -2.28. The Morgan fingerprint density at radius 1 is 0.448 bits per heavy atom. The molecule has 0 radical (unpaired) electrons. The molecule has 6 aliphatic rings. The van der Waals surface area contributed by atoms with E-state index in [2.05, 4.69) is 65.1 Å². The number of nitrogen functional groups attached to an aromatic ring is 5. The molecule has 10 aromatic rings. The van der Waals surface area contributed by atoms with Gasteiger partial charge in [-0.25, -0.2) is 47.6 Å². The van der Waals surface area contributed by atoms with Crippen molar-refractivity contribution in [2.75, 3.05) is 79.8 Å². The zero-order valence-electron chi connectivity index (χ0n) is 70.3. The van der Waals surface area contributed by atoms with Gasteiger partial charge in [0.2, 0.25) is 23.8 Å². The molecule has 6 aliphatic heterocycles. The van der Waals surface area contributed by atoms with E-state index in [0.717, 1.165) is 25.6 Å². The first-order valence-electron chi connectivity index (χ1n) is 41.2. The fourth-order valence-electron chi connectivity index (χ4n) is 15.7. The van der Waals surface area contributed by atoms with Crippen LogP contribution in [0.15, 0.2) is 115 Å². The number of carbonyl (C=O) groups is 1. The molecule has 9 aromatic heterocycles. The summed E-state index contributed by atoms with van der Waals surface area (Å²) in [5, 5.41) is 24.0. The molecule has 0 aliphatic carbocycles. The van der Waals surface area contributed by atoms with Gasteiger partial charge in [0.15, 0.2) is 33.5 Å². The largest absolute Gasteiger partial charge is 0.472 e. The number of amides is 1. The van der Waals surface area contributed by atoms with Gasteiger partial charge >= 0.3 is 56.0 Å². The smallest absolute Gasteiger partial charge is 0.394 e. The third-order valence-electron chi connectivity index (χ3n) is 22.2. The number of imidazole rings is 3. The molecule has 6 saturated heterocycles. The second-order valence-corrected chi connectivity index (χ2v) is 39.6. The van der Waals surface area contributed by atoms with Crippen molar-refractivity contribution < 1.29 is 131 Å². The third-order valence-corrected chi connectivity index (χ3v) is 28.3. The lowest BCUT2D eigenvalue weighted by Crippen LogP contribution is -2.32. The molecule has 0 saturated carbocycles. The number of H-pyrrole nitrogens is 3. The Morgan fingerprint density at radius 2 is 0.791 bits per heavy atom. The normalized spacial score (nSPS) is 27.8. The van der Waals surface area contributed by atoms with E-state index in [9.17, 15) is 81.6 Å². The van der Waals surface area contributed by atoms with Crippen molar-refractivity contribution in [1.82, 2.24) is 87.2 Å². The molecule has 1 aromatic carbocycles. The number of unbranched alkanes of at least 4 members (excludes halogenated alkanes) is 1. The third kappa shape index (κ3) is 22.5. The molecule has 58 nitrogen and oxygen atoms in total.